The van der Waals surface area contributed by atoms with Gasteiger partial charge < -0.3 is 15.0 Å². The van der Waals surface area contributed by atoms with Crippen LogP contribution >= 0.6 is 0 Å². The van der Waals surface area contributed by atoms with Gasteiger partial charge in [0.05, 0.1) is 16.8 Å². The largest absolute Gasteiger partial charge is 0.449 e. The van der Waals surface area contributed by atoms with E-state index in [9.17, 15) is 22.8 Å². The molecule has 5 nitrogen and oxygen atoms in total. The van der Waals surface area contributed by atoms with Crippen molar-refractivity contribution in [2.75, 3.05) is 18.4 Å². The number of nitrogens with zero attached hydrogens (tertiary/aromatic N) is 1. The summed E-state index contributed by atoms with van der Waals surface area (Å²) in [6.07, 6.45) is -3.56. The van der Waals surface area contributed by atoms with E-state index in [-0.39, 0.29) is 22.8 Å². The number of ether oxygens (including phenoxy) is 1. The first-order chi connectivity index (χ1) is 13.8. The van der Waals surface area contributed by atoms with Crippen molar-refractivity contribution >= 4 is 23.3 Å². The number of para-hydroxylation sites is 1. The van der Waals surface area contributed by atoms with E-state index >= 15 is 0 Å². The molecule has 0 unspecified atom stereocenters. The van der Waals surface area contributed by atoms with E-state index in [4.69, 9.17) is 4.74 Å². The Labute approximate surface area is 166 Å². The van der Waals surface area contributed by atoms with Crippen LogP contribution in [0.25, 0.3) is 0 Å². The first kappa shape index (κ1) is 20.7. The van der Waals surface area contributed by atoms with Crippen molar-refractivity contribution in [3.05, 3.63) is 59.7 Å². The van der Waals surface area contributed by atoms with E-state index in [2.05, 4.69) is 5.32 Å². The number of anilines is 2. The molecule has 1 saturated heterocycles. The molecule has 1 atom stereocenters. The van der Waals surface area contributed by atoms with Gasteiger partial charge in [0, 0.05) is 18.8 Å². The zero-order chi connectivity index (χ0) is 21.0. The monoisotopic (exact) mass is 406 g/mol. The van der Waals surface area contributed by atoms with Gasteiger partial charge in [-0.05, 0) is 50.1 Å². The highest BCUT2D eigenvalue weighted by atomic mass is 19.4. The Morgan fingerprint density at radius 1 is 1.07 bits per heavy atom. The molecule has 0 bridgehead atoms. The summed E-state index contributed by atoms with van der Waals surface area (Å²) in [6, 6.07) is 11.0. The molecule has 1 fully saturated rings. The highest BCUT2D eigenvalue weighted by Gasteiger charge is 2.30. The van der Waals surface area contributed by atoms with Gasteiger partial charge in [0.15, 0.2) is 6.10 Å². The lowest BCUT2D eigenvalue weighted by Gasteiger charge is -2.21. The zero-order valence-electron chi connectivity index (χ0n) is 15.8. The van der Waals surface area contributed by atoms with Crippen LogP contribution < -0.4 is 5.32 Å². The molecule has 3 rings (SSSR count). The summed E-state index contributed by atoms with van der Waals surface area (Å²) in [6.45, 7) is 2.81. The highest BCUT2D eigenvalue weighted by molar-refractivity contribution is 5.98. The number of carbonyl (C=O) groups is 2. The number of carbonyl (C=O) groups excluding carboxylic acids is 2. The molecule has 8 heteroatoms. The number of nitrogens with one attached hydrogen (secondary N) is 1. The molecule has 0 aromatic heterocycles. The third-order valence-corrected chi connectivity index (χ3v) is 4.67. The van der Waals surface area contributed by atoms with Gasteiger partial charge in [0.2, 0.25) is 0 Å². The van der Waals surface area contributed by atoms with E-state index in [0.29, 0.717) is 13.1 Å². The van der Waals surface area contributed by atoms with Crippen LogP contribution in [0.4, 0.5) is 24.5 Å². The molecule has 0 spiro atoms. The molecule has 0 radical (unpaired) electrons. The maximum Gasteiger partial charge on any atom is 0.416 e. The topological polar surface area (TPSA) is 58.6 Å². The fraction of sp³-hybridized carbons (Fsp3) is 0.333. The molecular weight excluding hydrogens is 385 g/mol. The Balaban J connectivity index is 1.75. The van der Waals surface area contributed by atoms with E-state index in [0.717, 1.165) is 25.0 Å². The Morgan fingerprint density at radius 2 is 1.76 bits per heavy atom. The molecule has 1 amide bonds. The second-order valence-electron chi connectivity index (χ2n) is 6.83. The predicted molar refractivity (Wildman–Crippen MR) is 102 cm³/mol. The van der Waals surface area contributed by atoms with E-state index in [1.807, 2.05) is 0 Å². The van der Waals surface area contributed by atoms with Crippen molar-refractivity contribution in [2.45, 2.75) is 32.0 Å². The van der Waals surface area contributed by atoms with Crippen molar-refractivity contribution in [3.63, 3.8) is 0 Å². The van der Waals surface area contributed by atoms with Crippen LogP contribution in [0.15, 0.2) is 48.5 Å². The number of esters is 1. The lowest BCUT2D eigenvalue weighted by atomic mass is 10.1. The summed E-state index contributed by atoms with van der Waals surface area (Å²) < 4.78 is 44.1. The average Bonchev–Trinajstić information content (AvgIpc) is 3.22. The van der Waals surface area contributed by atoms with Gasteiger partial charge in [-0.2, -0.15) is 13.2 Å². The van der Waals surface area contributed by atoms with Crippen LogP contribution in [0.1, 0.15) is 35.7 Å². The summed E-state index contributed by atoms with van der Waals surface area (Å²) in [5, 5.41) is 2.83. The number of amides is 1. The van der Waals surface area contributed by atoms with Crippen molar-refractivity contribution in [2.24, 2.45) is 0 Å². The standard InChI is InChI=1S/C21H21F3N2O3/c1-14(19(27)26-11-4-5-12-26)29-20(28)17-9-2-3-10-18(17)25-16-8-6-7-15(13-16)21(22,23)24/h2-3,6-10,13-14,25H,4-5,11-12H2,1H3/t14-/m1/s1. The molecule has 1 aliphatic rings. The second kappa shape index (κ2) is 8.55. The quantitative estimate of drug-likeness (QED) is 0.737. The SMILES string of the molecule is C[C@@H](OC(=O)c1ccccc1Nc1cccc(C(F)(F)F)c1)C(=O)N1CCCC1. The lowest BCUT2D eigenvalue weighted by molar-refractivity contribution is -0.138. The predicted octanol–water partition coefficient (Wildman–Crippen LogP) is 4.62. The van der Waals surface area contributed by atoms with Crippen molar-refractivity contribution < 1.29 is 27.5 Å². The second-order valence-corrected chi connectivity index (χ2v) is 6.83. The molecule has 1 heterocycles. The third kappa shape index (κ3) is 5.07. The first-order valence-corrected chi connectivity index (χ1v) is 9.29. The minimum absolute atomic E-state index is 0.131. The van der Waals surface area contributed by atoms with Crippen molar-refractivity contribution in [1.29, 1.82) is 0 Å². The average molecular weight is 406 g/mol. The van der Waals surface area contributed by atoms with Gasteiger partial charge >= 0.3 is 12.1 Å². The molecule has 29 heavy (non-hydrogen) atoms. The fourth-order valence-corrected chi connectivity index (χ4v) is 3.17. The molecule has 1 aliphatic heterocycles. The number of halogens is 3. The molecule has 2 aromatic rings. The van der Waals surface area contributed by atoms with Crippen LogP contribution in [0, 0.1) is 0 Å². The maximum atomic E-state index is 12.9. The van der Waals surface area contributed by atoms with Crippen LogP contribution in [0.3, 0.4) is 0 Å². The summed E-state index contributed by atoms with van der Waals surface area (Å²) in [5.41, 5.74) is -0.197. The van der Waals surface area contributed by atoms with Crippen LogP contribution in [-0.4, -0.2) is 36.0 Å². The number of hydrogen-bond acceptors (Lipinski definition) is 4. The van der Waals surface area contributed by atoms with Gasteiger partial charge in [0.25, 0.3) is 5.91 Å². The minimum Gasteiger partial charge on any atom is -0.449 e. The third-order valence-electron chi connectivity index (χ3n) is 4.67. The van der Waals surface area contributed by atoms with Crippen LogP contribution in [-0.2, 0) is 15.7 Å². The van der Waals surface area contributed by atoms with Crippen molar-refractivity contribution in [1.82, 2.24) is 4.90 Å². The smallest absolute Gasteiger partial charge is 0.416 e. The number of likely N-dealkylation sites (tertiary alicyclic amines) is 1. The minimum atomic E-state index is -4.47. The number of hydrogen-bond donors (Lipinski definition) is 1. The Morgan fingerprint density at radius 3 is 2.45 bits per heavy atom. The van der Waals surface area contributed by atoms with Crippen molar-refractivity contribution in [3.8, 4) is 0 Å². The number of alkyl halides is 3. The maximum absolute atomic E-state index is 12.9. The van der Waals surface area contributed by atoms with Gasteiger partial charge in [-0.3, -0.25) is 4.79 Å². The summed E-state index contributed by atoms with van der Waals surface area (Å²) in [5.74, 6) is -0.973. The van der Waals surface area contributed by atoms with Gasteiger partial charge in [-0.1, -0.05) is 18.2 Å². The molecule has 0 aliphatic carbocycles. The van der Waals surface area contributed by atoms with Gasteiger partial charge in [0.1, 0.15) is 0 Å². The molecule has 2 aromatic carbocycles. The highest BCUT2D eigenvalue weighted by Crippen LogP contribution is 2.32. The fourth-order valence-electron chi connectivity index (χ4n) is 3.17. The van der Waals surface area contributed by atoms with Gasteiger partial charge in [-0.25, -0.2) is 4.79 Å². The lowest BCUT2D eigenvalue weighted by Crippen LogP contribution is -2.38. The van der Waals surface area contributed by atoms with Crippen LogP contribution in [0.2, 0.25) is 0 Å². The Kier molecular flexibility index (Phi) is 6.10. The zero-order valence-corrected chi connectivity index (χ0v) is 15.8. The van der Waals surface area contributed by atoms with E-state index < -0.39 is 23.8 Å². The molecular formula is C21H21F3N2O3. The van der Waals surface area contributed by atoms with Gasteiger partial charge in [-0.15, -0.1) is 0 Å². The molecule has 0 saturated carbocycles. The Hall–Kier alpha value is -3.03. The van der Waals surface area contributed by atoms with E-state index in [1.54, 1.807) is 23.1 Å². The van der Waals surface area contributed by atoms with E-state index in [1.165, 1.54) is 25.1 Å². The number of rotatable bonds is 5. The van der Waals surface area contributed by atoms with Crippen LogP contribution in [0.5, 0.6) is 0 Å². The summed E-state index contributed by atoms with van der Waals surface area (Å²) in [7, 11) is 0. The summed E-state index contributed by atoms with van der Waals surface area (Å²) >= 11 is 0. The molecule has 154 valence electrons. The normalized spacial score (nSPS) is 15.1. The number of benzene rings is 2. The Bertz CT molecular complexity index is 893. The summed E-state index contributed by atoms with van der Waals surface area (Å²) in [4.78, 5) is 26.6. The molecule has 1 N–H and O–H groups in total. The first-order valence-electron chi connectivity index (χ1n) is 9.29.